The maximum atomic E-state index is 10.5. The molecule has 0 atom stereocenters. The van der Waals surface area contributed by atoms with Gasteiger partial charge < -0.3 is 0 Å². The van der Waals surface area contributed by atoms with Gasteiger partial charge in [0.25, 0.3) is 5.69 Å². The van der Waals surface area contributed by atoms with Gasteiger partial charge in [0.2, 0.25) is 0 Å². The van der Waals surface area contributed by atoms with Gasteiger partial charge in [-0.3, -0.25) is 10.1 Å². The summed E-state index contributed by atoms with van der Waals surface area (Å²) in [5.74, 6) is 0. The lowest BCUT2D eigenvalue weighted by atomic mass is 10.1. The highest BCUT2D eigenvalue weighted by molar-refractivity contribution is 6.30. The maximum absolute atomic E-state index is 10.5. The van der Waals surface area contributed by atoms with E-state index >= 15 is 0 Å². The molecule has 0 spiro atoms. The highest BCUT2D eigenvalue weighted by Crippen LogP contribution is 2.23. The van der Waals surface area contributed by atoms with Crippen LogP contribution in [-0.4, -0.2) is 4.92 Å². The summed E-state index contributed by atoms with van der Waals surface area (Å²) in [5.41, 5.74) is 0.255. The number of nitrogens with zero attached hydrogens (tertiary/aromatic N) is 2. The summed E-state index contributed by atoms with van der Waals surface area (Å²) < 4.78 is 0. The van der Waals surface area contributed by atoms with E-state index in [0.717, 1.165) is 0 Å². The molecule has 0 aliphatic rings. The van der Waals surface area contributed by atoms with Crippen molar-refractivity contribution < 1.29 is 4.92 Å². The molecule has 0 radical (unpaired) electrons. The molecule has 0 amide bonds. The van der Waals surface area contributed by atoms with E-state index in [1.807, 2.05) is 0 Å². The van der Waals surface area contributed by atoms with E-state index in [1.54, 1.807) is 6.07 Å². The van der Waals surface area contributed by atoms with Gasteiger partial charge >= 0.3 is 0 Å². The molecule has 0 aliphatic heterocycles. The normalized spacial score (nSPS) is 10.0. The summed E-state index contributed by atoms with van der Waals surface area (Å²) in [6, 6.07) is 5.93. The fourth-order valence-corrected chi connectivity index (χ4v) is 1.13. The molecule has 5 heteroatoms. The maximum Gasteiger partial charge on any atom is 0.276 e. The third-order valence-electron chi connectivity index (χ3n) is 1.52. The Morgan fingerprint density at radius 2 is 2.29 bits per heavy atom. The number of nitro benzene ring substituents is 1. The first-order valence-corrected chi connectivity index (χ1v) is 4.03. The van der Waals surface area contributed by atoms with Crippen LogP contribution < -0.4 is 0 Å². The zero-order chi connectivity index (χ0) is 10.6. The van der Waals surface area contributed by atoms with Crippen molar-refractivity contribution >= 4 is 23.4 Å². The largest absolute Gasteiger partial charge is 0.276 e. The summed E-state index contributed by atoms with van der Waals surface area (Å²) in [6.07, 6.45) is 2.52. The zero-order valence-electron chi connectivity index (χ0n) is 6.98. The fraction of sp³-hybridized carbons (Fsp3) is 0. The summed E-state index contributed by atoms with van der Waals surface area (Å²) in [4.78, 5) is 10.0. The molecule has 0 aliphatic carbocycles. The zero-order valence-corrected chi connectivity index (χ0v) is 7.73. The number of nitro groups is 1. The van der Waals surface area contributed by atoms with E-state index in [0.29, 0.717) is 10.6 Å². The highest BCUT2D eigenvalue weighted by Gasteiger charge is 2.10. The molecule has 1 aromatic carbocycles. The van der Waals surface area contributed by atoms with Crippen molar-refractivity contribution in [1.82, 2.24) is 0 Å². The fourth-order valence-electron chi connectivity index (χ4n) is 0.952. The highest BCUT2D eigenvalue weighted by atomic mass is 35.5. The van der Waals surface area contributed by atoms with E-state index in [4.69, 9.17) is 16.9 Å². The Morgan fingerprint density at radius 3 is 2.86 bits per heavy atom. The Hall–Kier alpha value is -1.86. The van der Waals surface area contributed by atoms with Crippen LogP contribution in [-0.2, 0) is 0 Å². The number of benzene rings is 1. The molecule has 0 aromatic heterocycles. The molecule has 0 N–H and O–H groups in total. The minimum absolute atomic E-state index is 0.0686. The Bertz CT molecular complexity index is 435. The van der Waals surface area contributed by atoms with Crippen LogP contribution in [0.25, 0.3) is 6.08 Å². The number of rotatable bonds is 2. The van der Waals surface area contributed by atoms with E-state index < -0.39 is 4.92 Å². The first kappa shape index (κ1) is 10.2. The molecule has 1 rings (SSSR count). The quantitative estimate of drug-likeness (QED) is 0.426. The van der Waals surface area contributed by atoms with Crippen LogP contribution in [0.5, 0.6) is 0 Å². The van der Waals surface area contributed by atoms with Crippen LogP contribution in [0.4, 0.5) is 5.69 Å². The third kappa shape index (κ3) is 2.31. The van der Waals surface area contributed by atoms with E-state index in [2.05, 4.69) is 0 Å². The summed E-state index contributed by atoms with van der Waals surface area (Å²) >= 11 is 5.66. The van der Waals surface area contributed by atoms with Crippen LogP contribution in [0.15, 0.2) is 24.3 Å². The lowest BCUT2D eigenvalue weighted by Gasteiger charge is -1.96. The van der Waals surface area contributed by atoms with Crippen molar-refractivity contribution in [3.05, 3.63) is 45.0 Å². The first-order valence-electron chi connectivity index (χ1n) is 3.65. The molecule has 0 heterocycles. The van der Waals surface area contributed by atoms with Gasteiger partial charge in [0.05, 0.1) is 16.6 Å². The van der Waals surface area contributed by atoms with Crippen LogP contribution in [0, 0.1) is 21.4 Å². The second-order valence-corrected chi connectivity index (χ2v) is 2.86. The van der Waals surface area contributed by atoms with Crippen molar-refractivity contribution in [1.29, 1.82) is 5.26 Å². The third-order valence-corrected chi connectivity index (χ3v) is 1.76. The first-order chi connectivity index (χ1) is 6.65. The van der Waals surface area contributed by atoms with Crippen LogP contribution >= 0.6 is 11.6 Å². The lowest BCUT2D eigenvalue weighted by molar-refractivity contribution is -0.385. The molecule has 1 aromatic rings. The van der Waals surface area contributed by atoms with Gasteiger partial charge in [-0.1, -0.05) is 11.6 Å². The Kier molecular flexibility index (Phi) is 3.21. The SMILES string of the molecule is N#C/C=C/c1cc(Cl)ccc1[N+](=O)[O-]. The standard InChI is InChI=1S/C9H5ClN2O2/c10-8-3-4-9(12(13)14)7(6-8)2-1-5-11/h1-4,6H/b2-1+. The minimum Gasteiger partial charge on any atom is -0.258 e. The van der Waals surface area contributed by atoms with E-state index in [1.165, 1.54) is 30.4 Å². The van der Waals surface area contributed by atoms with Gasteiger partial charge in [-0.2, -0.15) is 5.26 Å². The van der Waals surface area contributed by atoms with Gasteiger partial charge in [0.15, 0.2) is 0 Å². The molecule has 4 nitrogen and oxygen atoms in total. The number of hydrogen-bond acceptors (Lipinski definition) is 3. The molecule has 70 valence electrons. The topological polar surface area (TPSA) is 66.9 Å². The van der Waals surface area contributed by atoms with Crippen molar-refractivity contribution in [2.45, 2.75) is 0 Å². The molecular weight excluding hydrogens is 204 g/mol. The Balaban J connectivity index is 3.24. The second kappa shape index (κ2) is 4.40. The lowest BCUT2D eigenvalue weighted by Crippen LogP contribution is -1.90. The molecule has 0 unspecified atom stereocenters. The molecule has 14 heavy (non-hydrogen) atoms. The number of hydrogen-bond donors (Lipinski definition) is 0. The van der Waals surface area contributed by atoms with Crippen LogP contribution in [0.1, 0.15) is 5.56 Å². The van der Waals surface area contributed by atoms with Gasteiger partial charge in [-0.15, -0.1) is 0 Å². The summed E-state index contributed by atoms with van der Waals surface area (Å²) in [6.45, 7) is 0. The molecule has 0 saturated carbocycles. The van der Waals surface area contributed by atoms with Gasteiger partial charge in [-0.05, 0) is 18.2 Å². The monoisotopic (exact) mass is 208 g/mol. The Morgan fingerprint density at radius 1 is 1.57 bits per heavy atom. The smallest absolute Gasteiger partial charge is 0.258 e. The molecule has 0 saturated heterocycles. The van der Waals surface area contributed by atoms with Crippen molar-refractivity contribution in [2.24, 2.45) is 0 Å². The van der Waals surface area contributed by atoms with Crippen molar-refractivity contribution in [2.75, 3.05) is 0 Å². The second-order valence-electron chi connectivity index (χ2n) is 2.42. The molecular formula is C9H5ClN2O2. The van der Waals surface area contributed by atoms with Gasteiger partial charge in [0, 0.05) is 17.2 Å². The van der Waals surface area contributed by atoms with Crippen LogP contribution in [0.2, 0.25) is 5.02 Å². The predicted molar refractivity (Wildman–Crippen MR) is 52.8 cm³/mol. The average molecular weight is 209 g/mol. The number of allylic oxidation sites excluding steroid dienone is 1. The molecule has 0 fully saturated rings. The van der Waals surface area contributed by atoms with E-state index in [-0.39, 0.29) is 5.69 Å². The van der Waals surface area contributed by atoms with Gasteiger partial charge in [-0.25, -0.2) is 0 Å². The van der Waals surface area contributed by atoms with Gasteiger partial charge in [0.1, 0.15) is 0 Å². The minimum atomic E-state index is -0.520. The summed E-state index contributed by atoms with van der Waals surface area (Å²) in [5, 5.41) is 19.2. The summed E-state index contributed by atoms with van der Waals surface area (Å²) in [7, 11) is 0. The average Bonchev–Trinajstić information content (AvgIpc) is 2.14. The number of nitriles is 1. The van der Waals surface area contributed by atoms with Crippen molar-refractivity contribution in [3.8, 4) is 6.07 Å². The Labute approximate surface area is 85.2 Å². The van der Waals surface area contributed by atoms with E-state index in [9.17, 15) is 10.1 Å². The van der Waals surface area contributed by atoms with Crippen molar-refractivity contribution in [3.63, 3.8) is 0 Å². The predicted octanol–water partition coefficient (Wildman–Crippen LogP) is 2.78. The molecule has 0 bridgehead atoms. The van der Waals surface area contributed by atoms with Crippen LogP contribution in [0.3, 0.4) is 0 Å². The number of halogens is 1.